The highest BCUT2D eigenvalue weighted by molar-refractivity contribution is 5.87. The lowest BCUT2D eigenvalue weighted by atomic mass is 9.64. The number of rotatable bonds is 3. The highest BCUT2D eigenvalue weighted by Gasteiger charge is 2.42. The van der Waals surface area contributed by atoms with Crippen LogP contribution in [0.3, 0.4) is 0 Å². The van der Waals surface area contributed by atoms with Gasteiger partial charge < -0.3 is 14.5 Å². The van der Waals surface area contributed by atoms with E-state index in [1.54, 1.807) is 13.4 Å². The van der Waals surface area contributed by atoms with Crippen molar-refractivity contribution >= 4 is 5.57 Å². The van der Waals surface area contributed by atoms with E-state index in [2.05, 4.69) is 86.8 Å². The molecule has 2 heterocycles. The molecule has 1 aromatic heterocycles. The summed E-state index contributed by atoms with van der Waals surface area (Å²) in [5.74, 6) is 2.48. The van der Waals surface area contributed by atoms with Gasteiger partial charge in [-0.25, -0.2) is 0 Å². The fraction of sp³-hybridized carbons (Fsp3) is 0.290. The minimum atomic E-state index is -0.0212. The average molecular weight is 450 g/mol. The zero-order valence-electron chi connectivity index (χ0n) is 20.3. The van der Waals surface area contributed by atoms with Gasteiger partial charge in [-0.2, -0.15) is 0 Å². The standard InChI is InChI=1S/C31H31NO2/c1-19-18-31(2,3)32-25-14-13-23-29-22(10-6-11-27(29)33-4)17-24(30(23)28(19)25)20-8-5-9-21(16-20)26-12-7-15-34-26/h5-16,18,24-25,28,32H,17H2,1-4H3. The molecule has 3 heteroatoms. The van der Waals surface area contributed by atoms with Crippen LogP contribution in [0.1, 0.15) is 43.4 Å². The van der Waals surface area contributed by atoms with Gasteiger partial charge in [-0.1, -0.05) is 54.1 Å². The Bertz CT molecular complexity index is 1340. The van der Waals surface area contributed by atoms with E-state index in [9.17, 15) is 0 Å². The van der Waals surface area contributed by atoms with Crippen molar-refractivity contribution in [1.29, 1.82) is 0 Å². The molecule has 0 bridgehead atoms. The average Bonchev–Trinajstić information content (AvgIpc) is 3.37. The number of furan rings is 1. The third-order valence-electron chi connectivity index (χ3n) is 7.59. The largest absolute Gasteiger partial charge is 0.496 e. The van der Waals surface area contributed by atoms with Crippen LogP contribution < -0.4 is 10.1 Å². The maximum absolute atomic E-state index is 5.86. The second kappa shape index (κ2) is 7.89. The minimum Gasteiger partial charge on any atom is -0.496 e. The van der Waals surface area contributed by atoms with Crippen molar-refractivity contribution in [1.82, 2.24) is 5.32 Å². The molecule has 2 aromatic carbocycles. The fourth-order valence-corrected chi connectivity index (χ4v) is 6.39. The quantitative estimate of drug-likeness (QED) is 0.440. The van der Waals surface area contributed by atoms with E-state index >= 15 is 0 Å². The molecule has 0 saturated carbocycles. The SMILES string of the molecule is COc1cccc2c1C1=C(C(c3cccc(-c4ccco4)c3)C2)C2C(C)=CC(C)(C)NC2C=C1. The molecule has 3 atom stereocenters. The van der Waals surface area contributed by atoms with Crippen LogP contribution in [0.4, 0.5) is 0 Å². The zero-order chi connectivity index (χ0) is 23.4. The first-order chi connectivity index (χ1) is 16.4. The van der Waals surface area contributed by atoms with Crippen LogP contribution in [0.5, 0.6) is 5.75 Å². The van der Waals surface area contributed by atoms with Gasteiger partial charge in [-0.05, 0) is 73.7 Å². The molecule has 34 heavy (non-hydrogen) atoms. The topological polar surface area (TPSA) is 34.4 Å². The molecule has 6 rings (SSSR count). The van der Waals surface area contributed by atoms with Crippen LogP contribution in [0, 0.1) is 5.92 Å². The third kappa shape index (κ3) is 3.38. The number of nitrogens with one attached hydrogen (secondary N) is 1. The highest BCUT2D eigenvalue weighted by atomic mass is 16.5. The van der Waals surface area contributed by atoms with E-state index in [4.69, 9.17) is 9.15 Å². The number of allylic oxidation sites excluding steroid dienone is 2. The molecule has 0 amide bonds. The molecule has 0 saturated heterocycles. The lowest BCUT2D eigenvalue weighted by molar-refractivity contribution is 0.350. The van der Waals surface area contributed by atoms with Crippen molar-refractivity contribution in [3.63, 3.8) is 0 Å². The molecule has 1 aliphatic heterocycles. The molecule has 0 fully saturated rings. The molecule has 172 valence electrons. The van der Waals surface area contributed by atoms with Gasteiger partial charge in [-0.3, -0.25) is 0 Å². The summed E-state index contributed by atoms with van der Waals surface area (Å²) in [4.78, 5) is 0. The van der Waals surface area contributed by atoms with E-state index in [1.165, 1.54) is 33.4 Å². The van der Waals surface area contributed by atoms with Crippen LogP contribution in [0.25, 0.3) is 16.9 Å². The number of hydrogen-bond acceptors (Lipinski definition) is 3. The van der Waals surface area contributed by atoms with Gasteiger partial charge in [-0.15, -0.1) is 0 Å². The van der Waals surface area contributed by atoms with E-state index in [0.717, 1.165) is 23.5 Å². The highest BCUT2D eigenvalue weighted by Crippen LogP contribution is 2.52. The normalized spacial score (nSPS) is 24.7. The summed E-state index contributed by atoms with van der Waals surface area (Å²) < 4.78 is 11.6. The molecule has 3 aromatic rings. The van der Waals surface area contributed by atoms with E-state index < -0.39 is 0 Å². The molecular formula is C31H31NO2. The molecule has 1 N–H and O–H groups in total. The van der Waals surface area contributed by atoms with Gasteiger partial charge in [0.2, 0.25) is 0 Å². The number of fused-ring (bicyclic) bond motifs is 4. The Labute approximate surface area is 201 Å². The van der Waals surface area contributed by atoms with Crippen LogP contribution in [0.15, 0.2) is 94.7 Å². The Balaban J connectivity index is 1.57. The Morgan fingerprint density at radius 2 is 1.91 bits per heavy atom. The second-order valence-electron chi connectivity index (χ2n) is 10.3. The predicted octanol–water partition coefficient (Wildman–Crippen LogP) is 6.93. The van der Waals surface area contributed by atoms with Gasteiger partial charge in [0, 0.05) is 34.5 Å². The Morgan fingerprint density at radius 3 is 2.71 bits per heavy atom. The van der Waals surface area contributed by atoms with Crippen molar-refractivity contribution < 1.29 is 9.15 Å². The predicted molar refractivity (Wildman–Crippen MR) is 138 cm³/mol. The van der Waals surface area contributed by atoms with Crippen LogP contribution >= 0.6 is 0 Å². The fourth-order valence-electron chi connectivity index (χ4n) is 6.39. The van der Waals surface area contributed by atoms with Crippen LogP contribution in [0.2, 0.25) is 0 Å². The van der Waals surface area contributed by atoms with Crippen molar-refractivity contribution in [3.05, 3.63) is 107 Å². The lowest BCUT2D eigenvalue weighted by Crippen LogP contribution is -2.53. The summed E-state index contributed by atoms with van der Waals surface area (Å²) in [6.07, 6.45) is 9.81. The summed E-state index contributed by atoms with van der Waals surface area (Å²) >= 11 is 0. The third-order valence-corrected chi connectivity index (χ3v) is 7.59. The van der Waals surface area contributed by atoms with Gasteiger partial charge >= 0.3 is 0 Å². The summed E-state index contributed by atoms with van der Waals surface area (Å²) in [6, 6.07) is 19.6. The Hall–Kier alpha value is -3.30. The molecule has 3 unspecified atom stereocenters. The molecule has 2 aliphatic carbocycles. The molecule has 3 aliphatic rings. The Kier molecular flexibility index (Phi) is 4.93. The number of hydrogen-bond donors (Lipinski definition) is 1. The maximum Gasteiger partial charge on any atom is 0.133 e. The zero-order valence-corrected chi connectivity index (χ0v) is 20.3. The van der Waals surface area contributed by atoms with Gasteiger partial charge in [0.05, 0.1) is 13.4 Å². The Morgan fingerprint density at radius 1 is 1.06 bits per heavy atom. The number of methoxy groups -OCH3 is 1. The maximum atomic E-state index is 5.86. The molecular weight excluding hydrogens is 418 g/mol. The smallest absolute Gasteiger partial charge is 0.133 e. The summed E-state index contributed by atoms with van der Waals surface area (Å²) in [7, 11) is 1.78. The van der Waals surface area contributed by atoms with Crippen LogP contribution in [-0.2, 0) is 6.42 Å². The molecule has 0 radical (unpaired) electrons. The summed E-state index contributed by atoms with van der Waals surface area (Å²) in [5, 5.41) is 3.87. The van der Waals surface area contributed by atoms with Gasteiger partial charge in [0.1, 0.15) is 11.5 Å². The lowest BCUT2D eigenvalue weighted by Gasteiger charge is -2.46. The first kappa shape index (κ1) is 21.2. The first-order valence-electron chi connectivity index (χ1n) is 12.1. The molecule has 0 spiro atoms. The van der Waals surface area contributed by atoms with Crippen molar-refractivity contribution in [2.45, 2.75) is 44.7 Å². The van der Waals surface area contributed by atoms with Crippen molar-refractivity contribution in [3.8, 4) is 17.1 Å². The van der Waals surface area contributed by atoms with E-state index in [0.29, 0.717) is 5.92 Å². The van der Waals surface area contributed by atoms with Crippen LogP contribution in [-0.4, -0.2) is 18.7 Å². The van der Waals surface area contributed by atoms with Crippen molar-refractivity contribution in [2.24, 2.45) is 5.92 Å². The molecule has 3 nitrogen and oxygen atoms in total. The monoisotopic (exact) mass is 449 g/mol. The minimum absolute atomic E-state index is 0.0212. The second-order valence-corrected chi connectivity index (χ2v) is 10.3. The summed E-state index contributed by atoms with van der Waals surface area (Å²) in [6.45, 7) is 6.82. The van der Waals surface area contributed by atoms with Crippen molar-refractivity contribution in [2.75, 3.05) is 7.11 Å². The van der Waals surface area contributed by atoms with E-state index in [1.807, 2.05) is 12.1 Å². The first-order valence-corrected chi connectivity index (χ1v) is 12.1. The number of benzene rings is 2. The summed E-state index contributed by atoms with van der Waals surface area (Å²) in [5.41, 5.74) is 9.30. The number of ether oxygens (including phenoxy) is 1. The van der Waals surface area contributed by atoms with Gasteiger partial charge in [0.25, 0.3) is 0 Å². The van der Waals surface area contributed by atoms with Gasteiger partial charge in [0.15, 0.2) is 0 Å². The van der Waals surface area contributed by atoms with E-state index in [-0.39, 0.29) is 17.5 Å².